The molecule has 154 valence electrons. The Kier molecular flexibility index (Phi) is 5.01. The second kappa shape index (κ2) is 7.53. The van der Waals surface area contributed by atoms with Crippen molar-refractivity contribution in [2.75, 3.05) is 37.6 Å². The van der Waals surface area contributed by atoms with E-state index in [1.165, 1.54) is 28.9 Å². The standard InChI is InChI=1S/C23H30ClN5/c1-16-3-5-19-21(16)22(27-15-26-19)29-14-23(18-13-17(24)4-6-20(18)29)7-11-28(12-8-23)10-2-9-25/h4,6,13,15-16H,2-3,5,7-12,14,25H2,1H3. The molecule has 0 saturated carbocycles. The first-order chi connectivity index (χ1) is 14.1. The number of hydrogen-bond donors (Lipinski definition) is 1. The number of aryl methyl sites for hydroxylation is 1. The number of fused-ring (bicyclic) bond motifs is 3. The average molecular weight is 412 g/mol. The fourth-order valence-electron chi connectivity index (χ4n) is 5.62. The van der Waals surface area contributed by atoms with E-state index in [-0.39, 0.29) is 5.41 Å². The van der Waals surface area contributed by atoms with Crippen LogP contribution in [0.1, 0.15) is 55.3 Å². The first-order valence-corrected chi connectivity index (χ1v) is 11.3. The van der Waals surface area contributed by atoms with Crippen molar-refractivity contribution in [2.24, 2.45) is 5.73 Å². The lowest BCUT2D eigenvalue weighted by Gasteiger charge is -2.40. The molecule has 2 aliphatic heterocycles. The zero-order valence-electron chi connectivity index (χ0n) is 17.2. The van der Waals surface area contributed by atoms with Crippen LogP contribution in [0.5, 0.6) is 0 Å². The van der Waals surface area contributed by atoms with Gasteiger partial charge in [-0.05, 0) is 88.0 Å². The van der Waals surface area contributed by atoms with Gasteiger partial charge in [-0.2, -0.15) is 0 Å². The Bertz CT molecular complexity index is 906. The average Bonchev–Trinajstić information content (AvgIpc) is 3.26. The molecular weight excluding hydrogens is 382 g/mol. The van der Waals surface area contributed by atoms with Gasteiger partial charge in [0.05, 0.1) is 0 Å². The van der Waals surface area contributed by atoms with Crippen LogP contribution < -0.4 is 10.6 Å². The van der Waals surface area contributed by atoms with Gasteiger partial charge in [0.25, 0.3) is 0 Å². The Balaban J connectivity index is 1.51. The molecule has 1 fully saturated rings. The maximum absolute atomic E-state index is 6.47. The van der Waals surface area contributed by atoms with E-state index >= 15 is 0 Å². The van der Waals surface area contributed by atoms with Crippen molar-refractivity contribution in [1.29, 1.82) is 0 Å². The predicted molar refractivity (Wildman–Crippen MR) is 118 cm³/mol. The third-order valence-corrected chi connectivity index (χ3v) is 7.52. The molecule has 3 heterocycles. The molecule has 0 amide bonds. The zero-order chi connectivity index (χ0) is 20.0. The van der Waals surface area contributed by atoms with E-state index in [1.54, 1.807) is 6.33 Å². The number of nitrogens with zero attached hydrogens (tertiary/aromatic N) is 4. The summed E-state index contributed by atoms with van der Waals surface area (Å²) in [7, 11) is 0. The number of piperidine rings is 1. The predicted octanol–water partition coefficient (Wildman–Crippen LogP) is 4.01. The third kappa shape index (κ3) is 3.24. The molecule has 2 aromatic rings. The van der Waals surface area contributed by atoms with Gasteiger partial charge in [-0.3, -0.25) is 0 Å². The van der Waals surface area contributed by atoms with Crippen LogP contribution in [0.4, 0.5) is 11.5 Å². The fourth-order valence-corrected chi connectivity index (χ4v) is 5.79. The lowest BCUT2D eigenvalue weighted by atomic mass is 9.74. The van der Waals surface area contributed by atoms with Gasteiger partial charge in [-0.25, -0.2) is 9.97 Å². The number of nitrogens with two attached hydrogens (primary N) is 1. The lowest BCUT2D eigenvalue weighted by molar-refractivity contribution is 0.166. The Morgan fingerprint density at radius 3 is 2.86 bits per heavy atom. The summed E-state index contributed by atoms with van der Waals surface area (Å²) in [5.74, 6) is 1.64. The molecule has 0 radical (unpaired) electrons. The number of rotatable bonds is 4. The van der Waals surface area contributed by atoms with Crippen molar-refractivity contribution in [3.05, 3.63) is 46.4 Å². The number of benzene rings is 1. The summed E-state index contributed by atoms with van der Waals surface area (Å²) in [6.45, 7) is 7.42. The molecule has 1 spiro atoms. The van der Waals surface area contributed by atoms with E-state index < -0.39 is 0 Å². The molecule has 1 atom stereocenters. The molecule has 1 aromatic heterocycles. The van der Waals surface area contributed by atoms with Crippen LogP contribution in [0.3, 0.4) is 0 Å². The Hall–Kier alpha value is -1.69. The van der Waals surface area contributed by atoms with Crippen molar-refractivity contribution in [3.8, 4) is 0 Å². The molecule has 0 bridgehead atoms. The number of likely N-dealkylation sites (tertiary alicyclic amines) is 1. The third-order valence-electron chi connectivity index (χ3n) is 7.28. The maximum Gasteiger partial charge on any atom is 0.140 e. The highest BCUT2D eigenvalue weighted by molar-refractivity contribution is 6.30. The van der Waals surface area contributed by atoms with E-state index in [2.05, 4.69) is 33.8 Å². The minimum Gasteiger partial charge on any atom is -0.330 e. The highest BCUT2D eigenvalue weighted by atomic mass is 35.5. The molecule has 1 aliphatic carbocycles. The summed E-state index contributed by atoms with van der Waals surface area (Å²) in [5.41, 5.74) is 11.1. The number of halogens is 1. The second-order valence-corrected chi connectivity index (χ2v) is 9.45. The Labute approximate surface area is 178 Å². The highest BCUT2D eigenvalue weighted by Crippen LogP contribution is 2.51. The largest absolute Gasteiger partial charge is 0.330 e. The van der Waals surface area contributed by atoms with Gasteiger partial charge in [-0.1, -0.05) is 18.5 Å². The van der Waals surface area contributed by atoms with Crippen molar-refractivity contribution < 1.29 is 0 Å². The molecular formula is C23H30ClN5. The monoisotopic (exact) mass is 411 g/mol. The number of anilines is 2. The first kappa shape index (κ1) is 19.3. The summed E-state index contributed by atoms with van der Waals surface area (Å²) in [6.07, 6.45) is 7.38. The van der Waals surface area contributed by atoms with Crippen molar-refractivity contribution in [1.82, 2.24) is 14.9 Å². The smallest absolute Gasteiger partial charge is 0.140 e. The van der Waals surface area contributed by atoms with Gasteiger partial charge in [0.2, 0.25) is 0 Å². The molecule has 2 N–H and O–H groups in total. The van der Waals surface area contributed by atoms with E-state index in [4.69, 9.17) is 22.3 Å². The highest BCUT2D eigenvalue weighted by Gasteiger charge is 2.46. The van der Waals surface area contributed by atoms with E-state index in [1.807, 2.05) is 6.07 Å². The summed E-state index contributed by atoms with van der Waals surface area (Å²) in [6, 6.07) is 6.42. The molecule has 6 heteroatoms. The van der Waals surface area contributed by atoms with Crippen LogP contribution in [-0.2, 0) is 11.8 Å². The van der Waals surface area contributed by atoms with Crippen LogP contribution in [0.25, 0.3) is 0 Å². The zero-order valence-corrected chi connectivity index (χ0v) is 18.0. The van der Waals surface area contributed by atoms with Crippen LogP contribution in [0.2, 0.25) is 5.02 Å². The molecule has 5 rings (SSSR count). The van der Waals surface area contributed by atoms with Gasteiger partial charge < -0.3 is 15.5 Å². The van der Waals surface area contributed by atoms with E-state index in [0.717, 1.165) is 69.2 Å². The van der Waals surface area contributed by atoms with Gasteiger partial charge in [0.15, 0.2) is 0 Å². The molecule has 1 unspecified atom stereocenters. The van der Waals surface area contributed by atoms with Gasteiger partial charge in [0.1, 0.15) is 12.1 Å². The van der Waals surface area contributed by atoms with Crippen LogP contribution in [0.15, 0.2) is 24.5 Å². The normalized spacial score (nSPS) is 22.9. The SMILES string of the molecule is CC1CCc2ncnc(N3CC4(CCN(CCCN)CC4)c4cc(Cl)ccc43)c21. The number of hydrogen-bond acceptors (Lipinski definition) is 5. The maximum atomic E-state index is 6.47. The van der Waals surface area contributed by atoms with Crippen molar-refractivity contribution in [3.63, 3.8) is 0 Å². The molecule has 1 saturated heterocycles. The van der Waals surface area contributed by atoms with Crippen LogP contribution in [0, 0.1) is 0 Å². The molecule has 29 heavy (non-hydrogen) atoms. The summed E-state index contributed by atoms with van der Waals surface area (Å²) in [5, 5.41) is 0.830. The molecule has 3 aliphatic rings. The fraction of sp³-hybridized carbons (Fsp3) is 0.565. The lowest BCUT2D eigenvalue weighted by Crippen LogP contribution is -2.45. The minimum atomic E-state index is 0.152. The quantitative estimate of drug-likeness (QED) is 0.823. The van der Waals surface area contributed by atoms with Crippen molar-refractivity contribution in [2.45, 2.75) is 50.4 Å². The van der Waals surface area contributed by atoms with Crippen LogP contribution >= 0.6 is 11.6 Å². The van der Waals surface area contributed by atoms with Gasteiger partial charge in [0, 0.05) is 33.9 Å². The Morgan fingerprint density at radius 1 is 1.24 bits per heavy atom. The number of aromatic nitrogens is 2. The second-order valence-electron chi connectivity index (χ2n) is 9.01. The van der Waals surface area contributed by atoms with Crippen LogP contribution in [-0.4, -0.2) is 47.6 Å². The van der Waals surface area contributed by atoms with E-state index in [9.17, 15) is 0 Å². The summed E-state index contributed by atoms with van der Waals surface area (Å²) >= 11 is 6.47. The Morgan fingerprint density at radius 2 is 2.07 bits per heavy atom. The first-order valence-electron chi connectivity index (χ1n) is 10.9. The minimum absolute atomic E-state index is 0.152. The van der Waals surface area contributed by atoms with Gasteiger partial charge in [-0.15, -0.1) is 0 Å². The van der Waals surface area contributed by atoms with Crippen molar-refractivity contribution >= 4 is 23.1 Å². The molecule has 5 nitrogen and oxygen atoms in total. The van der Waals surface area contributed by atoms with E-state index in [0.29, 0.717) is 5.92 Å². The molecule has 1 aromatic carbocycles. The topological polar surface area (TPSA) is 58.3 Å². The van der Waals surface area contributed by atoms with Gasteiger partial charge >= 0.3 is 0 Å². The summed E-state index contributed by atoms with van der Waals surface area (Å²) in [4.78, 5) is 14.4. The summed E-state index contributed by atoms with van der Waals surface area (Å²) < 4.78 is 0.